The largest absolute Gasteiger partial charge is 0.347 e. The van der Waals surface area contributed by atoms with Gasteiger partial charge in [-0.3, -0.25) is 4.40 Å². The summed E-state index contributed by atoms with van der Waals surface area (Å²) in [5.41, 5.74) is 1.67. The van der Waals surface area contributed by atoms with Gasteiger partial charge in [-0.1, -0.05) is 56.0 Å². The molecule has 4 rings (SSSR count). The van der Waals surface area contributed by atoms with Crippen molar-refractivity contribution in [2.45, 2.75) is 30.2 Å². The van der Waals surface area contributed by atoms with Crippen molar-refractivity contribution in [1.29, 1.82) is 0 Å². The predicted octanol–water partition coefficient (Wildman–Crippen LogP) is 4.37. The Hall–Kier alpha value is -3.19. The molecule has 0 radical (unpaired) electrons. The molecular formula is C21H22N4O2S. The van der Waals surface area contributed by atoms with Gasteiger partial charge in [-0.25, -0.2) is 8.42 Å². The first kappa shape index (κ1) is 19.6. The first-order chi connectivity index (χ1) is 13.1. The van der Waals surface area contributed by atoms with Crippen LogP contribution < -0.4 is 5.32 Å². The summed E-state index contributed by atoms with van der Waals surface area (Å²) in [6.07, 6.45) is 1.55. The van der Waals surface area contributed by atoms with E-state index in [-0.39, 0.29) is 23.3 Å². The fourth-order valence-electron chi connectivity index (χ4n) is 2.88. The monoisotopic (exact) mass is 394 g/mol. The van der Waals surface area contributed by atoms with E-state index < -0.39 is 9.84 Å². The van der Waals surface area contributed by atoms with Crippen LogP contribution in [-0.2, 0) is 9.84 Å². The lowest BCUT2D eigenvalue weighted by atomic mass is 10.1. The molecule has 0 spiro atoms. The molecule has 0 amide bonds. The van der Waals surface area contributed by atoms with E-state index in [4.69, 9.17) is 0 Å². The Balaban J connectivity index is 0.00000225. The van der Waals surface area contributed by atoms with Gasteiger partial charge in [0.05, 0.1) is 15.8 Å². The summed E-state index contributed by atoms with van der Waals surface area (Å²) >= 11 is 0. The van der Waals surface area contributed by atoms with Crippen molar-refractivity contribution in [3.05, 3.63) is 84.6 Å². The predicted molar refractivity (Wildman–Crippen MR) is 110 cm³/mol. The standard InChI is InChI=1S/C20H18N4O2S.CH4/c1-15(16-8-4-2-5-9-16)21-20-23-22-19-13-12-18(14-24(19)20)27(25,26)17-10-6-3-7-11-17;/h2-15H,1H3,(H,21,23);1H4/t15-;/m1./s1. The number of benzene rings is 2. The summed E-state index contributed by atoms with van der Waals surface area (Å²) in [6, 6.07) is 21.5. The van der Waals surface area contributed by atoms with E-state index in [9.17, 15) is 8.42 Å². The molecule has 0 aliphatic rings. The number of fused-ring (bicyclic) bond motifs is 1. The molecule has 0 saturated carbocycles. The van der Waals surface area contributed by atoms with Crippen LogP contribution in [0, 0.1) is 0 Å². The van der Waals surface area contributed by atoms with Crippen LogP contribution in [0.4, 0.5) is 5.95 Å². The summed E-state index contributed by atoms with van der Waals surface area (Å²) in [7, 11) is -3.61. The molecule has 6 nitrogen and oxygen atoms in total. The van der Waals surface area contributed by atoms with Gasteiger partial charge in [-0.15, -0.1) is 10.2 Å². The molecule has 2 aromatic carbocycles. The van der Waals surface area contributed by atoms with Gasteiger partial charge in [0.15, 0.2) is 5.65 Å². The van der Waals surface area contributed by atoms with Crippen molar-refractivity contribution in [1.82, 2.24) is 14.6 Å². The highest BCUT2D eigenvalue weighted by atomic mass is 32.2. The molecule has 1 N–H and O–H groups in total. The number of pyridine rings is 1. The normalized spacial score (nSPS) is 12.3. The van der Waals surface area contributed by atoms with E-state index in [2.05, 4.69) is 15.5 Å². The summed E-state index contributed by atoms with van der Waals surface area (Å²) < 4.78 is 27.4. The Kier molecular flexibility index (Phi) is 5.46. The van der Waals surface area contributed by atoms with Crippen molar-refractivity contribution >= 4 is 21.4 Å². The molecule has 1 atom stereocenters. The van der Waals surface area contributed by atoms with Gasteiger partial charge < -0.3 is 5.32 Å². The molecular weight excluding hydrogens is 372 g/mol. The summed E-state index contributed by atoms with van der Waals surface area (Å²) in [4.78, 5) is 0.445. The van der Waals surface area contributed by atoms with Crippen molar-refractivity contribution in [2.24, 2.45) is 0 Å². The van der Waals surface area contributed by atoms with Gasteiger partial charge in [0, 0.05) is 6.20 Å². The van der Waals surface area contributed by atoms with Crippen LogP contribution in [0.25, 0.3) is 5.65 Å². The molecule has 28 heavy (non-hydrogen) atoms. The Morgan fingerprint density at radius 1 is 0.857 bits per heavy atom. The molecule has 7 heteroatoms. The van der Waals surface area contributed by atoms with Crippen LogP contribution in [0.1, 0.15) is 26.0 Å². The van der Waals surface area contributed by atoms with Gasteiger partial charge in [-0.2, -0.15) is 0 Å². The fraction of sp³-hybridized carbons (Fsp3) is 0.143. The topological polar surface area (TPSA) is 76.4 Å². The second-order valence-electron chi connectivity index (χ2n) is 6.21. The van der Waals surface area contributed by atoms with Gasteiger partial charge >= 0.3 is 0 Å². The van der Waals surface area contributed by atoms with Crippen molar-refractivity contribution in [2.75, 3.05) is 5.32 Å². The first-order valence-electron chi connectivity index (χ1n) is 8.52. The minimum Gasteiger partial charge on any atom is -0.347 e. The zero-order valence-electron chi connectivity index (χ0n) is 14.6. The zero-order chi connectivity index (χ0) is 18.9. The van der Waals surface area contributed by atoms with Crippen LogP contribution in [0.3, 0.4) is 0 Å². The maximum absolute atomic E-state index is 12.9. The molecule has 2 aromatic heterocycles. The van der Waals surface area contributed by atoms with Crippen LogP contribution in [0.15, 0.2) is 88.8 Å². The lowest BCUT2D eigenvalue weighted by Crippen LogP contribution is -2.10. The summed E-state index contributed by atoms with van der Waals surface area (Å²) in [5.74, 6) is 0.492. The SMILES string of the molecule is C.C[C@@H](Nc1nnc2ccc(S(=O)(=O)c3ccccc3)cn12)c1ccccc1. The zero-order valence-corrected chi connectivity index (χ0v) is 15.5. The smallest absolute Gasteiger partial charge is 0.229 e. The third kappa shape index (κ3) is 3.61. The Bertz CT molecular complexity index is 1170. The maximum atomic E-state index is 12.9. The first-order valence-corrected chi connectivity index (χ1v) is 10.0. The van der Waals surface area contributed by atoms with Crippen molar-refractivity contribution in [3.8, 4) is 0 Å². The van der Waals surface area contributed by atoms with E-state index in [1.165, 1.54) is 0 Å². The Morgan fingerprint density at radius 2 is 1.50 bits per heavy atom. The van der Waals surface area contributed by atoms with Gasteiger partial charge in [0.25, 0.3) is 0 Å². The molecule has 2 heterocycles. The minimum absolute atomic E-state index is 0. The third-order valence-corrected chi connectivity index (χ3v) is 6.14. The van der Waals surface area contributed by atoms with Crippen molar-refractivity contribution < 1.29 is 8.42 Å². The molecule has 0 unspecified atom stereocenters. The van der Waals surface area contributed by atoms with Crippen LogP contribution in [-0.4, -0.2) is 23.0 Å². The second-order valence-corrected chi connectivity index (χ2v) is 8.16. The molecule has 0 bridgehead atoms. The summed E-state index contributed by atoms with van der Waals surface area (Å²) in [6.45, 7) is 2.01. The second kappa shape index (κ2) is 7.82. The van der Waals surface area contributed by atoms with E-state index in [1.807, 2.05) is 37.3 Å². The number of hydrogen-bond acceptors (Lipinski definition) is 5. The average Bonchev–Trinajstić information content (AvgIpc) is 3.11. The number of sulfone groups is 1. The minimum atomic E-state index is -3.61. The van der Waals surface area contributed by atoms with E-state index in [0.717, 1.165) is 5.56 Å². The van der Waals surface area contributed by atoms with Crippen LogP contribution >= 0.6 is 0 Å². The van der Waals surface area contributed by atoms with Gasteiger partial charge in [0.1, 0.15) is 0 Å². The third-order valence-electron chi connectivity index (χ3n) is 4.38. The molecule has 4 aromatic rings. The summed E-state index contributed by atoms with van der Waals surface area (Å²) in [5, 5.41) is 11.6. The maximum Gasteiger partial charge on any atom is 0.229 e. The molecule has 0 aliphatic carbocycles. The van der Waals surface area contributed by atoms with Gasteiger partial charge in [-0.05, 0) is 36.8 Å². The number of aromatic nitrogens is 3. The number of rotatable bonds is 5. The highest BCUT2D eigenvalue weighted by Crippen LogP contribution is 2.23. The van der Waals surface area contributed by atoms with Crippen LogP contribution in [0.5, 0.6) is 0 Å². The molecule has 0 saturated heterocycles. The Labute approximate surface area is 164 Å². The fourth-order valence-corrected chi connectivity index (χ4v) is 4.16. The molecule has 0 aliphatic heterocycles. The highest BCUT2D eigenvalue weighted by Gasteiger charge is 2.19. The lowest BCUT2D eigenvalue weighted by Gasteiger charge is -2.14. The molecule has 0 fully saturated rings. The number of hydrogen-bond donors (Lipinski definition) is 1. The quantitative estimate of drug-likeness (QED) is 0.544. The molecule has 144 valence electrons. The average molecular weight is 395 g/mol. The van der Waals surface area contributed by atoms with E-state index >= 15 is 0 Å². The number of nitrogens with zero attached hydrogens (tertiary/aromatic N) is 3. The van der Waals surface area contributed by atoms with E-state index in [0.29, 0.717) is 11.6 Å². The number of nitrogens with one attached hydrogen (secondary N) is 1. The van der Waals surface area contributed by atoms with Gasteiger partial charge in [0.2, 0.25) is 15.8 Å². The van der Waals surface area contributed by atoms with Crippen LogP contribution in [0.2, 0.25) is 0 Å². The highest BCUT2D eigenvalue weighted by molar-refractivity contribution is 7.91. The van der Waals surface area contributed by atoms with Crippen molar-refractivity contribution in [3.63, 3.8) is 0 Å². The Morgan fingerprint density at radius 3 is 2.18 bits per heavy atom. The van der Waals surface area contributed by atoms with E-state index in [1.54, 1.807) is 53.1 Å². The number of anilines is 1. The lowest BCUT2D eigenvalue weighted by molar-refractivity contribution is 0.595.